The van der Waals surface area contributed by atoms with Gasteiger partial charge in [-0.2, -0.15) is 0 Å². The summed E-state index contributed by atoms with van der Waals surface area (Å²) in [6, 6.07) is 3.72. The fourth-order valence-corrected chi connectivity index (χ4v) is 4.12. The maximum absolute atomic E-state index is 12.5. The van der Waals surface area contributed by atoms with Crippen molar-refractivity contribution in [3.05, 3.63) is 27.7 Å². The van der Waals surface area contributed by atoms with Crippen LogP contribution < -0.4 is 10.0 Å². The minimum absolute atomic E-state index is 0.101. The first kappa shape index (κ1) is 18.6. The number of hydrogen-bond donors (Lipinski definition) is 2. The molecule has 120 valence electrons. The molecule has 0 saturated heterocycles. The molecule has 0 aliphatic rings. The zero-order valence-corrected chi connectivity index (χ0v) is 15.8. The standard InChI is InChI=1S/C15H25BrN2O2S/c1-6-17-9-12-7-11(2)14(16)13(8-12)21(19,20)18-10-15(3,4)5/h7-8,17-18H,6,9-10H2,1-5H3. The molecule has 1 rings (SSSR count). The molecule has 0 spiro atoms. The molecule has 0 radical (unpaired) electrons. The van der Waals surface area contributed by atoms with E-state index in [0.29, 0.717) is 22.5 Å². The zero-order valence-electron chi connectivity index (χ0n) is 13.4. The lowest BCUT2D eigenvalue weighted by Gasteiger charge is -2.20. The minimum atomic E-state index is -3.52. The van der Waals surface area contributed by atoms with Gasteiger partial charge in [0, 0.05) is 17.6 Å². The molecule has 0 saturated carbocycles. The van der Waals surface area contributed by atoms with Gasteiger partial charge in [-0.3, -0.25) is 0 Å². The summed E-state index contributed by atoms with van der Waals surface area (Å²) in [5.74, 6) is 0. The van der Waals surface area contributed by atoms with Crippen molar-refractivity contribution >= 4 is 26.0 Å². The topological polar surface area (TPSA) is 58.2 Å². The summed E-state index contributed by atoms with van der Waals surface area (Å²) in [4.78, 5) is 0.305. The van der Waals surface area contributed by atoms with Gasteiger partial charge in [-0.1, -0.05) is 33.8 Å². The predicted octanol–water partition coefficient (Wildman–Crippen LogP) is 3.19. The van der Waals surface area contributed by atoms with E-state index in [1.165, 1.54) is 0 Å². The summed E-state index contributed by atoms with van der Waals surface area (Å²) < 4.78 is 28.4. The van der Waals surface area contributed by atoms with Gasteiger partial charge in [0.2, 0.25) is 10.0 Å². The van der Waals surface area contributed by atoms with E-state index in [-0.39, 0.29) is 5.41 Å². The van der Waals surface area contributed by atoms with Gasteiger partial charge in [-0.25, -0.2) is 13.1 Å². The molecule has 0 unspecified atom stereocenters. The highest BCUT2D eigenvalue weighted by Gasteiger charge is 2.22. The minimum Gasteiger partial charge on any atom is -0.313 e. The van der Waals surface area contributed by atoms with Crippen molar-refractivity contribution < 1.29 is 8.42 Å². The van der Waals surface area contributed by atoms with Gasteiger partial charge in [0.25, 0.3) is 0 Å². The number of aryl methyl sites for hydroxylation is 1. The average molecular weight is 377 g/mol. The Bertz CT molecular complexity index is 592. The molecular weight excluding hydrogens is 352 g/mol. The van der Waals surface area contributed by atoms with Crippen LogP contribution in [-0.2, 0) is 16.6 Å². The molecule has 6 heteroatoms. The van der Waals surface area contributed by atoms with E-state index in [9.17, 15) is 8.42 Å². The average Bonchev–Trinajstić information content (AvgIpc) is 2.37. The largest absolute Gasteiger partial charge is 0.313 e. The Morgan fingerprint density at radius 3 is 2.38 bits per heavy atom. The van der Waals surface area contributed by atoms with Crippen LogP contribution in [0.3, 0.4) is 0 Å². The van der Waals surface area contributed by atoms with Crippen LogP contribution in [0.4, 0.5) is 0 Å². The van der Waals surface area contributed by atoms with Crippen LogP contribution in [0.1, 0.15) is 38.8 Å². The van der Waals surface area contributed by atoms with E-state index in [2.05, 4.69) is 26.0 Å². The third-order valence-electron chi connectivity index (χ3n) is 2.94. The Kier molecular flexibility index (Phi) is 6.40. The number of benzene rings is 1. The molecule has 0 bridgehead atoms. The fourth-order valence-electron chi connectivity index (χ4n) is 1.77. The third kappa shape index (κ3) is 5.70. The van der Waals surface area contributed by atoms with Gasteiger partial charge in [0.1, 0.15) is 0 Å². The molecule has 0 heterocycles. The number of nitrogens with one attached hydrogen (secondary N) is 2. The van der Waals surface area contributed by atoms with Crippen molar-refractivity contribution in [2.24, 2.45) is 5.41 Å². The van der Waals surface area contributed by atoms with Crippen LogP contribution >= 0.6 is 15.9 Å². The zero-order chi connectivity index (χ0) is 16.3. The molecule has 21 heavy (non-hydrogen) atoms. The van der Waals surface area contributed by atoms with E-state index in [1.54, 1.807) is 6.07 Å². The monoisotopic (exact) mass is 376 g/mol. The molecule has 0 aliphatic heterocycles. The Balaban J connectivity index is 3.12. The molecule has 0 aromatic heterocycles. The maximum atomic E-state index is 12.5. The first-order valence-electron chi connectivity index (χ1n) is 7.06. The van der Waals surface area contributed by atoms with Gasteiger partial charge < -0.3 is 5.32 Å². The van der Waals surface area contributed by atoms with Crippen molar-refractivity contribution in [3.63, 3.8) is 0 Å². The molecule has 0 amide bonds. The molecule has 4 nitrogen and oxygen atoms in total. The Hall–Kier alpha value is -0.430. The van der Waals surface area contributed by atoms with Gasteiger partial charge in [0.05, 0.1) is 4.90 Å². The molecule has 1 aromatic carbocycles. The summed E-state index contributed by atoms with van der Waals surface area (Å²) in [6.45, 7) is 11.8. The lowest BCUT2D eigenvalue weighted by Crippen LogP contribution is -2.32. The van der Waals surface area contributed by atoms with Crippen molar-refractivity contribution in [2.75, 3.05) is 13.1 Å². The lowest BCUT2D eigenvalue weighted by atomic mass is 9.98. The summed E-state index contributed by atoms with van der Waals surface area (Å²) in [5.41, 5.74) is 1.78. The van der Waals surface area contributed by atoms with Gasteiger partial charge in [0.15, 0.2) is 0 Å². The second-order valence-corrected chi connectivity index (χ2v) is 8.92. The quantitative estimate of drug-likeness (QED) is 0.801. The molecule has 0 fully saturated rings. The number of rotatable bonds is 6. The van der Waals surface area contributed by atoms with Gasteiger partial charge in [-0.15, -0.1) is 0 Å². The Morgan fingerprint density at radius 2 is 1.86 bits per heavy atom. The lowest BCUT2D eigenvalue weighted by molar-refractivity contribution is 0.407. The van der Waals surface area contributed by atoms with Crippen molar-refractivity contribution in [1.29, 1.82) is 0 Å². The van der Waals surface area contributed by atoms with Crippen LogP contribution in [0.5, 0.6) is 0 Å². The molecule has 1 aromatic rings. The fraction of sp³-hybridized carbons (Fsp3) is 0.600. The van der Waals surface area contributed by atoms with Gasteiger partial charge in [-0.05, 0) is 52.0 Å². The molecule has 2 N–H and O–H groups in total. The van der Waals surface area contributed by atoms with Gasteiger partial charge >= 0.3 is 0 Å². The normalized spacial score (nSPS) is 12.7. The SMILES string of the molecule is CCNCc1cc(C)c(Br)c(S(=O)(=O)NCC(C)(C)C)c1. The number of halogens is 1. The maximum Gasteiger partial charge on any atom is 0.241 e. The Labute approximate surface area is 136 Å². The first-order valence-corrected chi connectivity index (χ1v) is 9.34. The number of hydrogen-bond acceptors (Lipinski definition) is 3. The second kappa shape index (κ2) is 7.22. The molecule has 0 aliphatic carbocycles. The van der Waals surface area contributed by atoms with Crippen molar-refractivity contribution in [2.45, 2.75) is 46.1 Å². The summed E-state index contributed by atoms with van der Waals surface area (Å²) in [5, 5.41) is 3.22. The van der Waals surface area contributed by atoms with Crippen LogP contribution in [0, 0.1) is 12.3 Å². The predicted molar refractivity (Wildman–Crippen MR) is 90.9 cm³/mol. The van der Waals surface area contributed by atoms with Crippen LogP contribution in [0.15, 0.2) is 21.5 Å². The first-order chi connectivity index (χ1) is 9.57. The van der Waals surface area contributed by atoms with Crippen LogP contribution in [-0.4, -0.2) is 21.5 Å². The summed E-state index contributed by atoms with van der Waals surface area (Å²) in [6.07, 6.45) is 0. The highest BCUT2D eigenvalue weighted by atomic mass is 79.9. The van der Waals surface area contributed by atoms with E-state index < -0.39 is 10.0 Å². The highest BCUT2D eigenvalue weighted by molar-refractivity contribution is 9.10. The smallest absolute Gasteiger partial charge is 0.241 e. The van der Waals surface area contributed by atoms with Crippen molar-refractivity contribution in [3.8, 4) is 0 Å². The van der Waals surface area contributed by atoms with Crippen LogP contribution in [0.2, 0.25) is 0 Å². The van der Waals surface area contributed by atoms with E-state index >= 15 is 0 Å². The molecular formula is C15H25BrN2O2S. The molecule has 0 atom stereocenters. The summed E-state index contributed by atoms with van der Waals surface area (Å²) in [7, 11) is -3.52. The van der Waals surface area contributed by atoms with E-state index in [1.807, 2.05) is 40.7 Å². The van der Waals surface area contributed by atoms with Crippen molar-refractivity contribution in [1.82, 2.24) is 10.0 Å². The van der Waals surface area contributed by atoms with E-state index in [0.717, 1.165) is 17.7 Å². The highest BCUT2D eigenvalue weighted by Crippen LogP contribution is 2.27. The third-order valence-corrected chi connectivity index (χ3v) is 5.68. The Morgan fingerprint density at radius 1 is 1.24 bits per heavy atom. The van der Waals surface area contributed by atoms with Crippen LogP contribution in [0.25, 0.3) is 0 Å². The summed E-state index contributed by atoms with van der Waals surface area (Å²) >= 11 is 3.40. The second-order valence-electron chi connectivity index (χ2n) is 6.39. The van der Waals surface area contributed by atoms with E-state index in [4.69, 9.17) is 0 Å². The number of sulfonamides is 1.